The van der Waals surface area contributed by atoms with Crippen molar-refractivity contribution in [3.63, 3.8) is 0 Å². The third-order valence-electron chi connectivity index (χ3n) is 9.90. The molecule has 4 aliphatic carbocycles. The normalized spacial score (nSPS) is 37.7. The summed E-state index contributed by atoms with van der Waals surface area (Å²) >= 11 is 3.53. The van der Waals surface area contributed by atoms with Gasteiger partial charge in [-0.15, -0.1) is 0 Å². The number of rotatable bonds is 10. The molecule has 0 aromatic heterocycles. The van der Waals surface area contributed by atoms with Crippen LogP contribution in [0.25, 0.3) is 0 Å². The Kier molecular flexibility index (Phi) is 8.79. The first-order valence-corrected chi connectivity index (χ1v) is 15.0. The van der Waals surface area contributed by atoms with E-state index >= 15 is 0 Å². The van der Waals surface area contributed by atoms with Crippen molar-refractivity contribution < 1.29 is 14.3 Å². The van der Waals surface area contributed by atoms with E-state index in [1.807, 2.05) is 6.08 Å². The molecule has 3 saturated carbocycles. The lowest BCUT2D eigenvalue weighted by atomic mass is 9.49. The van der Waals surface area contributed by atoms with Gasteiger partial charge in [-0.25, -0.2) is 0 Å². The third-order valence-corrected chi connectivity index (χ3v) is 10.5. The maximum Gasteiger partial charge on any atom is 0.302 e. The molecule has 0 spiro atoms. The average molecular weight is 522 g/mol. The van der Waals surface area contributed by atoms with Crippen LogP contribution >= 0.6 is 15.9 Å². The molecule has 0 amide bonds. The van der Waals surface area contributed by atoms with E-state index in [1.165, 1.54) is 76.2 Å². The molecule has 186 valence electrons. The molecule has 4 aliphatic rings. The van der Waals surface area contributed by atoms with Crippen molar-refractivity contribution in [1.29, 1.82) is 0 Å². The number of hydrogen-bond acceptors (Lipinski definition) is 3. The molecule has 4 rings (SSSR count). The van der Waals surface area contributed by atoms with Gasteiger partial charge in [0.15, 0.2) is 5.78 Å². The molecule has 0 N–H and O–H groups in total. The molecule has 0 bridgehead atoms. The fraction of sp³-hybridized carbons (Fsp3) is 0.862. The van der Waals surface area contributed by atoms with Crippen molar-refractivity contribution in [2.45, 2.75) is 116 Å². The van der Waals surface area contributed by atoms with Crippen molar-refractivity contribution in [3.8, 4) is 0 Å². The van der Waals surface area contributed by atoms with Gasteiger partial charge in [-0.3, -0.25) is 9.59 Å². The zero-order valence-electron chi connectivity index (χ0n) is 21.0. The number of carbonyl (C=O) groups is 2. The van der Waals surface area contributed by atoms with Crippen molar-refractivity contribution in [2.24, 2.45) is 35.0 Å². The van der Waals surface area contributed by atoms with Crippen LogP contribution in [-0.4, -0.2) is 23.2 Å². The van der Waals surface area contributed by atoms with Gasteiger partial charge in [-0.1, -0.05) is 67.0 Å². The van der Waals surface area contributed by atoms with Crippen molar-refractivity contribution in [2.75, 3.05) is 5.33 Å². The minimum Gasteiger partial charge on any atom is -0.462 e. The summed E-state index contributed by atoms with van der Waals surface area (Å²) in [4.78, 5) is 24.0. The minimum absolute atomic E-state index is 0.103. The number of ketones is 1. The van der Waals surface area contributed by atoms with Crippen LogP contribution < -0.4 is 0 Å². The summed E-state index contributed by atoms with van der Waals surface area (Å²) in [6.07, 6.45) is 20.5. The second-order valence-electron chi connectivity index (χ2n) is 11.8. The number of alkyl halides is 1. The second kappa shape index (κ2) is 11.4. The Morgan fingerprint density at radius 2 is 1.79 bits per heavy atom. The second-order valence-corrected chi connectivity index (χ2v) is 12.6. The molecule has 0 heterocycles. The van der Waals surface area contributed by atoms with E-state index in [0.717, 1.165) is 42.8 Å². The maximum absolute atomic E-state index is 12.2. The fourth-order valence-corrected chi connectivity index (χ4v) is 8.80. The summed E-state index contributed by atoms with van der Waals surface area (Å²) in [7, 11) is 0. The average Bonchev–Trinajstić information content (AvgIpc) is 3.10. The predicted octanol–water partition coefficient (Wildman–Crippen LogP) is 7.80. The number of fused-ring (bicyclic) bond motifs is 5. The monoisotopic (exact) mass is 520 g/mol. The Bertz CT molecular complexity index is 730. The first-order chi connectivity index (χ1) is 15.9. The SMILES string of the molecule is CC(=O)O[C@H]1CCC2C3C(CCCCCCCCCBr)CC4=CC(=O)CCC4C3CC[C@@]21C. The number of carbonyl (C=O) groups excluding carboxylic acids is 2. The smallest absolute Gasteiger partial charge is 0.302 e. The number of esters is 1. The van der Waals surface area contributed by atoms with Gasteiger partial charge in [0, 0.05) is 24.1 Å². The first-order valence-electron chi connectivity index (χ1n) is 13.9. The van der Waals surface area contributed by atoms with Gasteiger partial charge in [0.1, 0.15) is 6.10 Å². The zero-order valence-corrected chi connectivity index (χ0v) is 22.5. The molecular formula is C29H45BrO3. The van der Waals surface area contributed by atoms with Gasteiger partial charge >= 0.3 is 5.97 Å². The van der Waals surface area contributed by atoms with Crippen LogP contribution in [0.15, 0.2) is 11.6 Å². The summed E-state index contributed by atoms with van der Waals surface area (Å²) in [5, 5.41) is 1.13. The lowest BCUT2D eigenvalue weighted by Gasteiger charge is -2.56. The van der Waals surface area contributed by atoms with E-state index in [1.54, 1.807) is 6.92 Å². The van der Waals surface area contributed by atoms with Crippen LogP contribution in [0.5, 0.6) is 0 Å². The van der Waals surface area contributed by atoms with E-state index in [2.05, 4.69) is 22.9 Å². The number of halogens is 1. The summed E-state index contributed by atoms with van der Waals surface area (Å²) in [5.74, 6) is 3.75. The molecule has 3 fully saturated rings. The standard InChI is InChI=1S/C29H45BrO3/c1-20(31)33-27-14-13-26-28-21(10-8-6-4-3-5-7-9-17-30)18-22-19-23(32)11-12-24(22)25(28)15-16-29(26,27)2/h19,21,24-28H,3-18H2,1-2H3/t21?,24?,25?,26?,27-,28?,29-/m0/s1. The zero-order chi connectivity index (χ0) is 23.4. The third kappa shape index (κ3) is 5.62. The van der Waals surface area contributed by atoms with Gasteiger partial charge < -0.3 is 4.74 Å². The molecule has 3 nitrogen and oxygen atoms in total. The Morgan fingerprint density at radius 3 is 2.52 bits per heavy atom. The number of unbranched alkanes of at least 4 members (excludes halogenated alkanes) is 6. The molecule has 33 heavy (non-hydrogen) atoms. The van der Waals surface area contributed by atoms with E-state index in [4.69, 9.17) is 4.74 Å². The largest absolute Gasteiger partial charge is 0.462 e. The van der Waals surface area contributed by atoms with Crippen LogP contribution in [0.2, 0.25) is 0 Å². The summed E-state index contributed by atoms with van der Waals surface area (Å²) in [6.45, 7) is 4.00. The molecule has 4 heteroatoms. The van der Waals surface area contributed by atoms with Gasteiger partial charge in [-0.2, -0.15) is 0 Å². The molecule has 5 unspecified atom stereocenters. The summed E-state index contributed by atoms with van der Waals surface area (Å²) in [5.41, 5.74) is 1.64. The van der Waals surface area contributed by atoms with Gasteiger partial charge in [0.25, 0.3) is 0 Å². The summed E-state index contributed by atoms with van der Waals surface area (Å²) < 4.78 is 5.87. The summed E-state index contributed by atoms with van der Waals surface area (Å²) in [6, 6.07) is 0. The van der Waals surface area contributed by atoms with Crippen molar-refractivity contribution in [1.82, 2.24) is 0 Å². The number of allylic oxidation sites excluding steroid dienone is 1. The van der Waals surface area contributed by atoms with Crippen LogP contribution in [0.1, 0.15) is 110 Å². The highest BCUT2D eigenvalue weighted by atomic mass is 79.9. The van der Waals surface area contributed by atoms with Crippen LogP contribution in [-0.2, 0) is 14.3 Å². The van der Waals surface area contributed by atoms with Gasteiger partial charge in [0.05, 0.1) is 0 Å². The fourth-order valence-electron chi connectivity index (χ4n) is 8.40. The Morgan fingerprint density at radius 1 is 1.06 bits per heavy atom. The number of ether oxygens (including phenoxy) is 1. The lowest BCUT2D eigenvalue weighted by Crippen LogP contribution is -2.51. The van der Waals surface area contributed by atoms with Gasteiger partial charge in [0.2, 0.25) is 0 Å². The van der Waals surface area contributed by atoms with Crippen molar-refractivity contribution >= 4 is 27.7 Å². The van der Waals surface area contributed by atoms with Crippen LogP contribution in [0.4, 0.5) is 0 Å². The van der Waals surface area contributed by atoms with Crippen LogP contribution in [0.3, 0.4) is 0 Å². The van der Waals surface area contributed by atoms with E-state index in [-0.39, 0.29) is 17.5 Å². The van der Waals surface area contributed by atoms with E-state index in [0.29, 0.717) is 23.5 Å². The Balaban J connectivity index is 1.44. The molecule has 7 atom stereocenters. The highest BCUT2D eigenvalue weighted by Crippen LogP contribution is 2.64. The molecular weight excluding hydrogens is 476 g/mol. The predicted molar refractivity (Wildman–Crippen MR) is 137 cm³/mol. The highest BCUT2D eigenvalue weighted by molar-refractivity contribution is 9.09. The molecule has 0 aliphatic heterocycles. The topological polar surface area (TPSA) is 43.4 Å². The number of hydrogen-bond donors (Lipinski definition) is 0. The molecule has 0 saturated heterocycles. The van der Waals surface area contributed by atoms with E-state index in [9.17, 15) is 9.59 Å². The minimum atomic E-state index is -0.115. The molecule has 0 aromatic carbocycles. The van der Waals surface area contributed by atoms with Crippen LogP contribution in [0, 0.1) is 35.0 Å². The Hall–Kier alpha value is -0.640. The quantitative estimate of drug-likeness (QED) is 0.167. The Labute approximate surface area is 210 Å². The maximum atomic E-state index is 12.2. The van der Waals surface area contributed by atoms with Gasteiger partial charge in [-0.05, 0) is 87.0 Å². The lowest BCUT2D eigenvalue weighted by molar-refractivity contribution is -0.157. The highest BCUT2D eigenvalue weighted by Gasteiger charge is 2.59. The van der Waals surface area contributed by atoms with Crippen molar-refractivity contribution in [3.05, 3.63) is 11.6 Å². The first kappa shape index (κ1) is 25.5. The van der Waals surface area contributed by atoms with E-state index < -0.39 is 0 Å². The molecule has 0 aromatic rings. The molecule has 0 radical (unpaired) electrons.